The van der Waals surface area contributed by atoms with Gasteiger partial charge in [0.2, 0.25) is 0 Å². The van der Waals surface area contributed by atoms with Crippen LogP contribution in [0.25, 0.3) is 0 Å². The number of piperidine rings is 1. The summed E-state index contributed by atoms with van der Waals surface area (Å²) in [5.74, 6) is 0.839. The highest BCUT2D eigenvalue weighted by molar-refractivity contribution is 7.10. The van der Waals surface area contributed by atoms with Crippen LogP contribution in [-0.4, -0.2) is 25.2 Å². The van der Waals surface area contributed by atoms with Crippen LogP contribution in [0.2, 0.25) is 0 Å². The van der Waals surface area contributed by atoms with Gasteiger partial charge in [0.1, 0.15) is 5.60 Å². The third-order valence-corrected chi connectivity index (χ3v) is 4.19. The van der Waals surface area contributed by atoms with Crippen molar-refractivity contribution in [3.8, 4) is 0 Å². The maximum absolute atomic E-state index is 9.60. The van der Waals surface area contributed by atoms with Crippen LogP contribution in [0.3, 0.4) is 0 Å². The highest BCUT2D eigenvalue weighted by atomic mass is 32.1. The Balaban J connectivity index is 0.000000224. The Morgan fingerprint density at radius 2 is 2.00 bits per heavy atom. The zero-order chi connectivity index (χ0) is 14.3. The molecule has 1 aromatic heterocycles. The molecule has 1 aromatic rings. The second kappa shape index (κ2) is 7.65. The molecule has 0 aliphatic carbocycles. The number of hydrogen-bond donors (Lipinski definition) is 1. The van der Waals surface area contributed by atoms with E-state index in [1.54, 1.807) is 4.88 Å². The third-order valence-electron chi connectivity index (χ3n) is 3.01. The van der Waals surface area contributed by atoms with E-state index < -0.39 is 0 Å². The third kappa shape index (κ3) is 6.21. The maximum Gasteiger partial charge on any atom is 0.293 e. The standard InChI is InChI=1S/C10H15NS.C5H10O2/c1-8-4-7-12-10(8)9-2-5-11-6-3-9;1-5(2,3)7-4-6/h4,7,9,11H,2-3,5-6H2,1H3;4H,1-3H3. The molecule has 19 heavy (non-hydrogen) atoms. The van der Waals surface area contributed by atoms with Crippen LogP contribution in [-0.2, 0) is 9.53 Å². The summed E-state index contributed by atoms with van der Waals surface area (Å²) in [6, 6.07) is 2.24. The number of aryl methyl sites for hydroxylation is 1. The second-order valence-corrected chi connectivity index (χ2v) is 6.77. The molecule has 1 saturated heterocycles. The maximum atomic E-state index is 9.60. The second-order valence-electron chi connectivity index (χ2n) is 5.82. The molecule has 0 aromatic carbocycles. The van der Waals surface area contributed by atoms with Crippen molar-refractivity contribution in [3.05, 3.63) is 21.9 Å². The van der Waals surface area contributed by atoms with E-state index in [1.807, 2.05) is 32.1 Å². The molecule has 1 fully saturated rings. The Hall–Kier alpha value is -0.870. The van der Waals surface area contributed by atoms with Crippen molar-refractivity contribution in [3.63, 3.8) is 0 Å². The fourth-order valence-corrected chi connectivity index (χ4v) is 3.13. The zero-order valence-corrected chi connectivity index (χ0v) is 13.2. The van der Waals surface area contributed by atoms with Crippen LogP contribution < -0.4 is 5.32 Å². The predicted molar refractivity (Wildman–Crippen MR) is 80.8 cm³/mol. The van der Waals surface area contributed by atoms with Crippen LogP contribution in [0.4, 0.5) is 0 Å². The molecule has 0 radical (unpaired) electrons. The zero-order valence-electron chi connectivity index (χ0n) is 12.4. The van der Waals surface area contributed by atoms with Gasteiger partial charge in [0.15, 0.2) is 0 Å². The fraction of sp³-hybridized carbons (Fsp3) is 0.667. The highest BCUT2D eigenvalue weighted by Crippen LogP contribution is 2.31. The van der Waals surface area contributed by atoms with Gasteiger partial charge in [0, 0.05) is 4.88 Å². The summed E-state index contributed by atoms with van der Waals surface area (Å²) < 4.78 is 4.55. The number of rotatable bonds is 2. The van der Waals surface area contributed by atoms with Gasteiger partial charge in [0.25, 0.3) is 6.47 Å². The van der Waals surface area contributed by atoms with Crippen molar-refractivity contribution in [2.45, 2.75) is 52.1 Å². The van der Waals surface area contributed by atoms with Gasteiger partial charge in [-0.3, -0.25) is 4.79 Å². The summed E-state index contributed by atoms with van der Waals surface area (Å²) in [5.41, 5.74) is 1.17. The van der Waals surface area contributed by atoms with E-state index in [-0.39, 0.29) is 5.60 Å². The van der Waals surface area contributed by atoms with Crippen molar-refractivity contribution in [2.75, 3.05) is 13.1 Å². The van der Waals surface area contributed by atoms with Crippen molar-refractivity contribution >= 4 is 17.8 Å². The lowest BCUT2D eigenvalue weighted by molar-refractivity contribution is -0.138. The summed E-state index contributed by atoms with van der Waals surface area (Å²) in [4.78, 5) is 11.2. The molecule has 0 saturated carbocycles. The van der Waals surface area contributed by atoms with Gasteiger partial charge in [-0.05, 0) is 76.6 Å². The monoisotopic (exact) mass is 283 g/mol. The van der Waals surface area contributed by atoms with Crippen LogP contribution in [0.1, 0.15) is 50.0 Å². The van der Waals surface area contributed by atoms with Gasteiger partial charge < -0.3 is 10.1 Å². The summed E-state index contributed by atoms with van der Waals surface area (Å²) in [6.07, 6.45) is 2.64. The first-order chi connectivity index (χ1) is 8.94. The number of carbonyl (C=O) groups is 1. The van der Waals surface area contributed by atoms with Gasteiger partial charge in [-0.25, -0.2) is 0 Å². The number of thiophene rings is 1. The van der Waals surface area contributed by atoms with Gasteiger partial charge in [-0.1, -0.05) is 0 Å². The predicted octanol–water partition coefficient (Wildman–Crippen LogP) is 3.48. The minimum atomic E-state index is -0.318. The smallest absolute Gasteiger partial charge is 0.293 e. The highest BCUT2D eigenvalue weighted by Gasteiger charge is 2.17. The number of hydrogen-bond acceptors (Lipinski definition) is 4. The van der Waals surface area contributed by atoms with E-state index >= 15 is 0 Å². The molecule has 1 aliphatic rings. The Kier molecular flexibility index (Phi) is 6.52. The normalized spacial score (nSPS) is 16.4. The number of carbonyl (C=O) groups excluding carboxylic acids is 1. The topological polar surface area (TPSA) is 38.3 Å². The molecule has 2 rings (SSSR count). The lowest BCUT2D eigenvalue weighted by Gasteiger charge is -2.22. The average Bonchev–Trinajstić information content (AvgIpc) is 2.76. The van der Waals surface area contributed by atoms with Crippen molar-refractivity contribution in [2.24, 2.45) is 0 Å². The molecule has 0 bridgehead atoms. The molecule has 2 heterocycles. The summed E-state index contributed by atoms with van der Waals surface area (Å²) >= 11 is 1.93. The molecule has 1 N–H and O–H groups in total. The van der Waals surface area contributed by atoms with E-state index in [9.17, 15) is 4.79 Å². The van der Waals surface area contributed by atoms with Crippen LogP contribution in [0.15, 0.2) is 11.4 Å². The van der Waals surface area contributed by atoms with Crippen LogP contribution in [0, 0.1) is 6.92 Å². The molecule has 1 aliphatic heterocycles. The molecule has 0 amide bonds. The Morgan fingerprint density at radius 3 is 2.37 bits per heavy atom. The van der Waals surface area contributed by atoms with Crippen molar-refractivity contribution < 1.29 is 9.53 Å². The largest absolute Gasteiger partial charge is 0.462 e. The first-order valence-corrected chi connectivity index (χ1v) is 7.68. The summed E-state index contributed by atoms with van der Waals surface area (Å²) in [5, 5.41) is 5.62. The lowest BCUT2D eigenvalue weighted by atomic mass is 9.94. The van der Waals surface area contributed by atoms with E-state index in [4.69, 9.17) is 0 Å². The van der Waals surface area contributed by atoms with E-state index in [0.717, 1.165) is 5.92 Å². The van der Waals surface area contributed by atoms with Crippen LogP contribution in [0.5, 0.6) is 0 Å². The quantitative estimate of drug-likeness (QED) is 0.845. The molecule has 0 unspecified atom stereocenters. The number of ether oxygens (including phenoxy) is 1. The first kappa shape index (κ1) is 16.2. The molecular weight excluding hydrogens is 258 g/mol. The minimum Gasteiger partial charge on any atom is -0.462 e. The minimum absolute atomic E-state index is 0.318. The molecule has 0 atom stereocenters. The van der Waals surface area contributed by atoms with Crippen molar-refractivity contribution in [1.29, 1.82) is 0 Å². The Labute approximate surface area is 120 Å². The molecule has 108 valence electrons. The molecular formula is C15H25NO2S. The van der Waals surface area contributed by atoms with Gasteiger partial charge >= 0.3 is 0 Å². The van der Waals surface area contributed by atoms with Gasteiger partial charge in [-0.15, -0.1) is 11.3 Å². The van der Waals surface area contributed by atoms with E-state index in [0.29, 0.717) is 6.47 Å². The summed E-state index contributed by atoms with van der Waals surface area (Å²) in [6.45, 7) is 10.5. The lowest BCUT2D eigenvalue weighted by Crippen LogP contribution is -2.26. The van der Waals surface area contributed by atoms with Crippen LogP contribution >= 0.6 is 11.3 Å². The summed E-state index contributed by atoms with van der Waals surface area (Å²) in [7, 11) is 0. The van der Waals surface area contributed by atoms with E-state index in [1.165, 1.54) is 31.5 Å². The van der Waals surface area contributed by atoms with Gasteiger partial charge in [0.05, 0.1) is 0 Å². The van der Waals surface area contributed by atoms with E-state index in [2.05, 4.69) is 28.4 Å². The Morgan fingerprint density at radius 1 is 1.37 bits per heavy atom. The molecule has 4 heteroatoms. The average molecular weight is 283 g/mol. The van der Waals surface area contributed by atoms with Gasteiger partial charge in [-0.2, -0.15) is 0 Å². The molecule has 3 nitrogen and oxygen atoms in total. The number of nitrogens with one attached hydrogen (secondary N) is 1. The van der Waals surface area contributed by atoms with Crippen molar-refractivity contribution in [1.82, 2.24) is 5.32 Å². The fourth-order valence-electron chi connectivity index (χ4n) is 2.03. The first-order valence-electron chi connectivity index (χ1n) is 6.80. The molecule has 0 spiro atoms. The Bertz CT molecular complexity index is 376. The SMILES string of the molecule is CC(C)(C)OC=O.Cc1ccsc1C1CCNCC1.